The lowest BCUT2D eigenvalue weighted by Crippen LogP contribution is -2.64. The monoisotopic (exact) mass is 557 g/mol. The third-order valence-corrected chi connectivity index (χ3v) is 9.29. The van der Waals surface area contributed by atoms with Gasteiger partial charge in [-0.05, 0) is 56.2 Å². The van der Waals surface area contributed by atoms with Crippen molar-refractivity contribution in [3.05, 3.63) is 48.1 Å². The van der Waals surface area contributed by atoms with E-state index in [1.54, 1.807) is 12.3 Å². The molecular formula is C31H36FN7O2. The Hall–Kier alpha value is -3.53. The Morgan fingerprint density at radius 1 is 1.10 bits per heavy atom. The SMILES string of the molecule is Cc1ncc(-c2cc(F)ccc2Oc2nncnc2N2CCC3(C2)CN([C@@H](C(C)C)C2CC(=O)C2)C3)c(C2CC2)n1. The molecule has 2 saturated heterocycles. The maximum Gasteiger partial charge on any atom is 0.282 e. The summed E-state index contributed by atoms with van der Waals surface area (Å²) in [6, 6.07) is 4.97. The summed E-state index contributed by atoms with van der Waals surface area (Å²) in [4.78, 5) is 30.2. The number of anilines is 1. The van der Waals surface area contributed by atoms with E-state index in [4.69, 9.17) is 9.72 Å². The van der Waals surface area contributed by atoms with Gasteiger partial charge in [0.15, 0.2) is 5.82 Å². The minimum atomic E-state index is -0.353. The van der Waals surface area contributed by atoms with Crippen molar-refractivity contribution in [2.24, 2.45) is 17.3 Å². The number of rotatable bonds is 8. The van der Waals surface area contributed by atoms with Gasteiger partial charge >= 0.3 is 0 Å². The molecule has 41 heavy (non-hydrogen) atoms. The first-order valence-corrected chi connectivity index (χ1v) is 14.8. The van der Waals surface area contributed by atoms with Gasteiger partial charge in [0, 0.05) is 73.7 Å². The summed E-state index contributed by atoms with van der Waals surface area (Å²) in [6.45, 7) is 10.2. The number of hydrogen-bond acceptors (Lipinski definition) is 9. The first-order chi connectivity index (χ1) is 19.8. The van der Waals surface area contributed by atoms with Gasteiger partial charge in [0.25, 0.3) is 5.88 Å². The lowest BCUT2D eigenvalue weighted by atomic mass is 9.70. The van der Waals surface area contributed by atoms with Crippen molar-refractivity contribution in [3.63, 3.8) is 0 Å². The number of ketones is 1. The van der Waals surface area contributed by atoms with Crippen LogP contribution in [0.2, 0.25) is 0 Å². The molecular weight excluding hydrogens is 521 g/mol. The average molecular weight is 558 g/mol. The molecule has 214 valence electrons. The van der Waals surface area contributed by atoms with Gasteiger partial charge in [0.1, 0.15) is 29.5 Å². The van der Waals surface area contributed by atoms with Gasteiger partial charge in [-0.25, -0.2) is 19.3 Å². The number of ether oxygens (including phenoxy) is 1. The molecule has 0 unspecified atom stereocenters. The van der Waals surface area contributed by atoms with E-state index >= 15 is 0 Å². The van der Waals surface area contributed by atoms with Gasteiger partial charge in [0.2, 0.25) is 0 Å². The van der Waals surface area contributed by atoms with Crippen LogP contribution in [0.5, 0.6) is 11.6 Å². The number of aromatic nitrogens is 5. The second kappa shape index (κ2) is 10.1. The molecule has 3 aromatic rings. The highest BCUT2D eigenvalue weighted by atomic mass is 19.1. The molecule has 10 heteroatoms. The van der Waals surface area contributed by atoms with E-state index in [0.29, 0.717) is 58.4 Å². The zero-order valence-electron chi connectivity index (χ0n) is 23.9. The van der Waals surface area contributed by atoms with E-state index < -0.39 is 0 Å². The Labute approximate surface area is 239 Å². The van der Waals surface area contributed by atoms with E-state index in [1.165, 1.54) is 18.5 Å². The maximum atomic E-state index is 14.5. The predicted octanol–water partition coefficient (Wildman–Crippen LogP) is 4.96. The fraction of sp³-hybridized carbons (Fsp3) is 0.548. The zero-order valence-corrected chi connectivity index (χ0v) is 23.9. The molecule has 1 atom stereocenters. The molecule has 2 aliphatic heterocycles. The van der Waals surface area contributed by atoms with Crippen LogP contribution in [0.25, 0.3) is 11.1 Å². The van der Waals surface area contributed by atoms with E-state index in [1.807, 2.05) is 6.92 Å². The van der Waals surface area contributed by atoms with Gasteiger partial charge in [-0.3, -0.25) is 9.69 Å². The van der Waals surface area contributed by atoms with Crippen LogP contribution in [0.3, 0.4) is 0 Å². The van der Waals surface area contributed by atoms with E-state index in [0.717, 1.165) is 69.5 Å². The van der Waals surface area contributed by atoms with Gasteiger partial charge in [0.05, 0.1) is 5.69 Å². The topological polar surface area (TPSA) is 97.2 Å². The summed E-state index contributed by atoms with van der Waals surface area (Å²) in [5.41, 5.74) is 2.52. The first kappa shape index (κ1) is 26.4. The summed E-state index contributed by atoms with van der Waals surface area (Å²) in [5.74, 6) is 3.56. The van der Waals surface area contributed by atoms with Crippen molar-refractivity contribution in [2.45, 2.75) is 64.8 Å². The van der Waals surface area contributed by atoms with E-state index in [2.05, 4.69) is 43.8 Å². The third kappa shape index (κ3) is 4.96. The van der Waals surface area contributed by atoms with Crippen molar-refractivity contribution in [3.8, 4) is 22.8 Å². The Balaban J connectivity index is 1.11. The normalized spacial score (nSPS) is 21.3. The number of carbonyl (C=O) groups is 1. The molecule has 4 heterocycles. The fourth-order valence-corrected chi connectivity index (χ4v) is 7.24. The molecule has 4 aliphatic rings. The average Bonchev–Trinajstić information content (AvgIpc) is 3.67. The summed E-state index contributed by atoms with van der Waals surface area (Å²) in [7, 11) is 0. The Morgan fingerprint density at radius 2 is 1.90 bits per heavy atom. The molecule has 2 saturated carbocycles. The lowest BCUT2D eigenvalue weighted by Gasteiger charge is -2.55. The Bertz CT molecular complexity index is 1480. The molecule has 2 aromatic heterocycles. The highest BCUT2D eigenvalue weighted by Crippen LogP contribution is 2.48. The number of carbonyl (C=O) groups excluding carboxylic acids is 1. The predicted molar refractivity (Wildman–Crippen MR) is 151 cm³/mol. The van der Waals surface area contributed by atoms with Crippen LogP contribution < -0.4 is 9.64 Å². The maximum absolute atomic E-state index is 14.5. The van der Waals surface area contributed by atoms with Crippen LogP contribution in [-0.4, -0.2) is 68.1 Å². The van der Waals surface area contributed by atoms with Gasteiger partial charge < -0.3 is 9.64 Å². The summed E-state index contributed by atoms with van der Waals surface area (Å²) >= 11 is 0. The number of Topliss-reactive ketones (excluding diaryl/α,β-unsaturated/α-hetero) is 1. The molecule has 0 radical (unpaired) electrons. The second-order valence-electron chi connectivity index (χ2n) is 12.8. The lowest BCUT2D eigenvalue weighted by molar-refractivity contribution is -0.133. The van der Waals surface area contributed by atoms with Crippen LogP contribution in [0.4, 0.5) is 10.2 Å². The Morgan fingerprint density at radius 3 is 2.63 bits per heavy atom. The van der Waals surface area contributed by atoms with Crippen LogP contribution in [0, 0.1) is 30.0 Å². The van der Waals surface area contributed by atoms with Gasteiger partial charge in [-0.2, -0.15) is 0 Å². The van der Waals surface area contributed by atoms with E-state index in [-0.39, 0.29) is 11.2 Å². The molecule has 1 spiro atoms. The first-order valence-electron chi connectivity index (χ1n) is 14.8. The summed E-state index contributed by atoms with van der Waals surface area (Å²) in [5, 5.41) is 8.34. The van der Waals surface area contributed by atoms with Crippen LogP contribution >= 0.6 is 0 Å². The molecule has 9 nitrogen and oxygen atoms in total. The third-order valence-electron chi connectivity index (χ3n) is 9.29. The molecule has 4 fully saturated rings. The molecule has 0 N–H and O–H groups in total. The number of aryl methyl sites for hydroxylation is 1. The number of benzene rings is 1. The summed E-state index contributed by atoms with van der Waals surface area (Å²) < 4.78 is 20.9. The standard InChI is InChI=1S/C31H36FN7O2/c1-18(2)28(21-10-23(40)11-21)39-15-31(16-39)8-9-38(14-31)29-30(37-35-17-34-29)41-26-7-6-22(32)12-24(26)25-13-33-19(3)36-27(25)20-4-5-20/h6-7,12-13,17-18,20-21,28H,4-5,8-11,14-16H2,1-3H3/t28-/m0/s1. The van der Waals surface area contributed by atoms with Crippen LogP contribution in [0.1, 0.15) is 63.4 Å². The minimum absolute atomic E-state index is 0.197. The fourth-order valence-electron chi connectivity index (χ4n) is 7.24. The molecule has 0 bridgehead atoms. The zero-order chi connectivity index (χ0) is 28.3. The number of hydrogen-bond donors (Lipinski definition) is 0. The quantitative estimate of drug-likeness (QED) is 0.381. The number of likely N-dealkylation sites (tertiary alicyclic amines) is 1. The smallest absolute Gasteiger partial charge is 0.282 e. The highest BCUT2D eigenvalue weighted by molar-refractivity contribution is 5.84. The Kier molecular flexibility index (Phi) is 6.48. The molecule has 1 aromatic carbocycles. The number of nitrogens with zero attached hydrogens (tertiary/aromatic N) is 7. The van der Waals surface area contributed by atoms with Crippen LogP contribution in [-0.2, 0) is 4.79 Å². The highest BCUT2D eigenvalue weighted by Gasteiger charge is 2.52. The van der Waals surface area contributed by atoms with Gasteiger partial charge in [-0.1, -0.05) is 13.8 Å². The largest absolute Gasteiger partial charge is 0.434 e. The van der Waals surface area contributed by atoms with Crippen molar-refractivity contribution >= 4 is 11.6 Å². The van der Waals surface area contributed by atoms with Crippen LogP contribution in [0.15, 0.2) is 30.7 Å². The van der Waals surface area contributed by atoms with Crippen molar-refractivity contribution in [2.75, 3.05) is 31.1 Å². The molecule has 7 rings (SSSR count). The summed E-state index contributed by atoms with van der Waals surface area (Å²) in [6.07, 6.45) is 7.88. The van der Waals surface area contributed by atoms with Crippen molar-refractivity contribution in [1.82, 2.24) is 30.0 Å². The molecule has 2 aliphatic carbocycles. The number of halogens is 1. The van der Waals surface area contributed by atoms with Gasteiger partial charge in [-0.15, -0.1) is 10.2 Å². The van der Waals surface area contributed by atoms with Crippen molar-refractivity contribution < 1.29 is 13.9 Å². The van der Waals surface area contributed by atoms with Crippen molar-refractivity contribution in [1.29, 1.82) is 0 Å². The molecule has 0 amide bonds. The second-order valence-corrected chi connectivity index (χ2v) is 12.8. The minimum Gasteiger partial charge on any atom is -0.434 e. The van der Waals surface area contributed by atoms with E-state index in [9.17, 15) is 9.18 Å².